The zero-order valence-electron chi connectivity index (χ0n) is 10.7. The van der Waals surface area contributed by atoms with E-state index in [1.165, 1.54) is 4.90 Å². The van der Waals surface area contributed by atoms with Gasteiger partial charge >= 0.3 is 0 Å². The first kappa shape index (κ1) is 14.3. The van der Waals surface area contributed by atoms with E-state index in [0.717, 1.165) is 28.2 Å². The zero-order valence-corrected chi connectivity index (χ0v) is 13.1. The number of anilines is 1. The number of methoxy groups -OCH3 is 1. The second-order valence-electron chi connectivity index (χ2n) is 3.93. The van der Waals surface area contributed by atoms with Crippen molar-refractivity contribution in [3.05, 3.63) is 53.0 Å². The summed E-state index contributed by atoms with van der Waals surface area (Å²) in [5.74, 6) is 1.91. The van der Waals surface area contributed by atoms with Crippen LogP contribution >= 0.6 is 27.7 Å². The van der Waals surface area contributed by atoms with Crippen LogP contribution in [-0.2, 0) is 0 Å². The van der Waals surface area contributed by atoms with E-state index in [1.54, 1.807) is 7.11 Å². The molecule has 4 heteroatoms. The van der Waals surface area contributed by atoms with E-state index in [-0.39, 0.29) is 0 Å². The van der Waals surface area contributed by atoms with Crippen molar-refractivity contribution < 1.29 is 4.74 Å². The van der Waals surface area contributed by atoms with Gasteiger partial charge in [0.15, 0.2) is 0 Å². The molecule has 0 amide bonds. The van der Waals surface area contributed by atoms with E-state index in [2.05, 4.69) is 39.4 Å². The molecule has 19 heavy (non-hydrogen) atoms. The maximum atomic E-state index is 5.21. The van der Waals surface area contributed by atoms with Crippen LogP contribution in [0.2, 0.25) is 0 Å². The summed E-state index contributed by atoms with van der Waals surface area (Å²) in [6.45, 7) is 0.921. The van der Waals surface area contributed by atoms with Gasteiger partial charge in [-0.05, 0) is 46.3 Å². The van der Waals surface area contributed by atoms with Gasteiger partial charge in [0.25, 0.3) is 0 Å². The average Bonchev–Trinajstić information content (AvgIpc) is 2.45. The van der Waals surface area contributed by atoms with Crippen molar-refractivity contribution in [2.45, 2.75) is 4.90 Å². The van der Waals surface area contributed by atoms with E-state index < -0.39 is 0 Å². The highest BCUT2D eigenvalue weighted by Gasteiger charge is 1.99. The monoisotopic (exact) mass is 337 g/mol. The van der Waals surface area contributed by atoms with Crippen LogP contribution in [0.3, 0.4) is 0 Å². The predicted octanol–water partition coefficient (Wildman–Crippen LogP) is 4.66. The largest absolute Gasteiger partial charge is 0.497 e. The number of nitrogens with one attached hydrogen (secondary N) is 1. The molecule has 0 saturated heterocycles. The van der Waals surface area contributed by atoms with Crippen LogP contribution < -0.4 is 10.1 Å². The van der Waals surface area contributed by atoms with Gasteiger partial charge < -0.3 is 10.1 Å². The molecule has 0 bridgehead atoms. The molecule has 0 aliphatic carbocycles. The van der Waals surface area contributed by atoms with E-state index in [1.807, 2.05) is 42.1 Å². The SMILES string of the molecule is COc1cccc(SCCNc2ccccc2Br)c1. The van der Waals surface area contributed by atoms with Gasteiger partial charge in [-0.2, -0.15) is 0 Å². The highest BCUT2D eigenvalue weighted by atomic mass is 79.9. The van der Waals surface area contributed by atoms with Gasteiger partial charge in [-0.3, -0.25) is 0 Å². The normalized spacial score (nSPS) is 10.2. The number of benzene rings is 2. The van der Waals surface area contributed by atoms with Crippen molar-refractivity contribution in [2.75, 3.05) is 24.7 Å². The summed E-state index contributed by atoms with van der Waals surface area (Å²) in [7, 11) is 1.69. The fourth-order valence-electron chi connectivity index (χ4n) is 1.65. The van der Waals surface area contributed by atoms with Gasteiger partial charge in [0, 0.05) is 27.4 Å². The van der Waals surface area contributed by atoms with Crippen molar-refractivity contribution in [3.63, 3.8) is 0 Å². The molecule has 0 saturated carbocycles. The molecule has 0 heterocycles. The number of thioether (sulfide) groups is 1. The van der Waals surface area contributed by atoms with Crippen LogP contribution in [0.15, 0.2) is 57.9 Å². The van der Waals surface area contributed by atoms with Crippen molar-refractivity contribution in [1.29, 1.82) is 0 Å². The molecule has 0 aromatic heterocycles. The Labute approximate surface area is 126 Å². The first-order valence-corrected chi connectivity index (χ1v) is 7.83. The third kappa shape index (κ3) is 4.48. The minimum absolute atomic E-state index is 0.906. The molecule has 0 atom stereocenters. The Morgan fingerprint density at radius 2 is 2.00 bits per heavy atom. The highest BCUT2D eigenvalue weighted by molar-refractivity contribution is 9.10. The van der Waals surface area contributed by atoms with E-state index in [9.17, 15) is 0 Å². The molecular weight excluding hydrogens is 322 g/mol. The molecule has 0 aliphatic rings. The van der Waals surface area contributed by atoms with Crippen LogP contribution in [0.5, 0.6) is 5.75 Å². The maximum absolute atomic E-state index is 5.21. The van der Waals surface area contributed by atoms with Crippen LogP contribution in [0, 0.1) is 0 Å². The summed E-state index contributed by atoms with van der Waals surface area (Å²) in [6, 6.07) is 16.3. The number of hydrogen-bond donors (Lipinski definition) is 1. The summed E-state index contributed by atoms with van der Waals surface area (Å²) in [4.78, 5) is 1.23. The van der Waals surface area contributed by atoms with Gasteiger partial charge in [0.1, 0.15) is 5.75 Å². The predicted molar refractivity (Wildman–Crippen MR) is 86.3 cm³/mol. The number of hydrogen-bond acceptors (Lipinski definition) is 3. The molecule has 0 spiro atoms. The standard InChI is InChI=1S/C15H16BrNOS/c1-18-12-5-4-6-13(11-12)19-10-9-17-15-8-3-2-7-14(15)16/h2-8,11,17H,9-10H2,1H3. The molecule has 0 aliphatic heterocycles. The molecule has 0 radical (unpaired) electrons. The third-order valence-corrected chi connectivity index (χ3v) is 4.29. The molecule has 100 valence electrons. The van der Waals surface area contributed by atoms with Crippen molar-refractivity contribution in [2.24, 2.45) is 0 Å². The van der Waals surface area contributed by atoms with E-state index >= 15 is 0 Å². The Hall–Kier alpha value is -1.13. The van der Waals surface area contributed by atoms with E-state index in [0.29, 0.717) is 0 Å². The molecule has 0 fully saturated rings. The lowest BCUT2D eigenvalue weighted by molar-refractivity contribution is 0.413. The van der Waals surface area contributed by atoms with Crippen LogP contribution in [0.1, 0.15) is 0 Å². The number of ether oxygens (including phenoxy) is 1. The topological polar surface area (TPSA) is 21.3 Å². The molecule has 2 nitrogen and oxygen atoms in total. The second-order valence-corrected chi connectivity index (χ2v) is 5.96. The Balaban J connectivity index is 1.79. The average molecular weight is 338 g/mol. The minimum atomic E-state index is 0.906. The van der Waals surface area contributed by atoms with Gasteiger partial charge in [-0.1, -0.05) is 18.2 Å². The molecule has 2 rings (SSSR count). The molecular formula is C15H16BrNOS. The third-order valence-electron chi connectivity index (χ3n) is 2.60. The van der Waals surface area contributed by atoms with Crippen LogP contribution in [0.4, 0.5) is 5.69 Å². The fraction of sp³-hybridized carbons (Fsp3) is 0.200. The maximum Gasteiger partial charge on any atom is 0.119 e. The number of para-hydroxylation sites is 1. The fourth-order valence-corrected chi connectivity index (χ4v) is 2.89. The lowest BCUT2D eigenvalue weighted by Gasteiger charge is -2.08. The Bertz CT molecular complexity index is 533. The van der Waals surface area contributed by atoms with Gasteiger partial charge in [-0.15, -0.1) is 11.8 Å². The summed E-state index contributed by atoms with van der Waals surface area (Å²) in [5, 5.41) is 3.41. The smallest absolute Gasteiger partial charge is 0.119 e. The molecule has 2 aromatic rings. The Morgan fingerprint density at radius 1 is 1.16 bits per heavy atom. The van der Waals surface area contributed by atoms with Gasteiger partial charge in [0.2, 0.25) is 0 Å². The molecule has 2 aromatic carbocycles. The summed E-state index contributed by atoms with van der Waals surface area (Å²) in [6.07, 6.45) is 0. The Kier molecular flexibility index (Phi) is 5.61. The first-order chi connectivity index (χ1) is 9.29. The highest BCUT2D eigenvalue weighted by Crippen LogP contribution is 2.24. The second kappa shape index (κ2) is 7.46. The van der Waals surface area contributed by atoms with Crippen LogP contribution in [0.25, 0.3) is 0 Å². The summed E-state index contributed by atoms with van der Waals surface area (Å²) >= 11 is 5.34. The van der Waals surface area contributed by atoms with Crippen LogP contribution in [-0.4, -0.2) is 19.4 Å². The first-order valence-electron chi connectivity index (χ1n) is 6.05. The molecule has 0 unspecified atom stereocenters. The van der Waals surface area contributed by atoms with Gasteiger partial charge in [0.05, 0.1) is 7.11 Å². The quantitative estimate of drug-likeness (QED) is 0.611. The molecule has 1 N–H and O–H groups in total. The van der Waals surface area contributed by atoms with Crippen molar-refractivity contribution >= 4 is 33.4 Å². The zero-order chi connectivity index (χ0) is 13.5. The lowest BCUT2D eigenvalue weighted by atomic mass is 10.3. The number of halogens is 1. The van der Waals surface area contributed by atoms with Crippen molar-refractivity contribution in [1.82, 2.24) is 0 Å². The van der Waals surface area contributed by atoms with Crippen molar-refractivity contribution in [3.8, 4) is 5.75 Å². The van der Waals surface area contributed by atoms with Gasteiger partial charge in [-0.25, -0.2) is 0 Å². The Morgan fingerprint density at radius 3 is 2.79 bits per heavy atom. The minimum Gasteiger partial charge on any atom is -0.497 e. The lowest BCUT2D eigenvalue weighted by Crippen LogP contribution is -2.04. The summed E-state index contributed by atoms with van der Waals surface area (Å²) in [5.41, 5.74) is 1.13. The van der Waals surface area contributed by atoms with E-state index in [4.69, 9.17) is 4.74 Å². The number of rotatable bonds is 6. The summed E-state index contributed by atoms with van der Waals surface area (Å²) < 4.78 is 6.31.